The van der Waals surface area contributed by atoms with Crippen LogP contribution in [-0.4, -0.2) is 28.0 Å². The number of aromatic nitrogens is 1. The van der Waals surface area contributed by atoms with Crippen LogP contribution in [0.3, 0.4) is 0 Å². The fraction of sp³-hybridized carbons (Fsp3) is 0.400. The van der Waals surface area contributed by atoms with Gasteiger partial charge in [0.25, 0.3) is 5.91 Å². The van der Waals surface area contributed by atoms with E-state index < -0.39 is 18.0 Å². The maximum absolute atomic E-state index is 12.5. The van der Waals surface area contributed by atoms with Crippen LogP contribution >= 0.6 is 11.6 Å². The molecule has 1 aromatic carbocycles. The number of halogens is 1. The molecule has 1 atom stereocenters. The van der Waals surface area contributed by atoms with Gasteiger partial charge >= 0.3 is 6.03 Å². The number of urea groups is 1. The topological polar surface area (TPSA) is 94.3 Å². The van der Waals surface area contributed by atoms with Crippen LogP contribution in [-0.2, 0) is 6.54 Å². The van der Waals surface area contributed by atoms with Gasteiger partial charge < -0.3 is 20.9 Å². The SMILES string of the molecule is Cc1cccc(-c2c(C(N)=O)c3n(c2Cl)CCN(C(N)=O)C3C(C)(C)C)c1. The van der Waals surface area contributed by atoms with E-state index in [9.17, 15) is 9.59 Å². The van der Waals surface area contributed by atoms with Crippen LogP contribution in [0.5, 0.6) is 0 Å². The predicted octanol–water partition coefficient (Wildman–Crippen LogP) is 3.70. The molecule has 3 amide bonds. The van der Waals surface area contributed by atoms with Crippen LogP contribution < -0.4 is 11.5 Å². The van der Waals surface area contributed by atoms with Gasteiger partial charge in [-0.15, -0.1) is 0 Å². The molecule has 0 fully saturated rings. The third-order valence-electron chi connectivity index (χ3n) is 5.03. The maximum atomic E-state index is 12.5. The summed E-state index contributed by atoms with van der Waals surface area (Å²) in [6, 6.07) is 6.83. The summed E-state index contributed by atoms with van der Waals surface area (Å²) in [5, 5.41) is 0.461. The Bertz CT molecular complexity index is 927. The minimum atomic E-state index is -0.567. The second-order valence-corrected chi connectivity index (χ2v) is 8.47. The highest BCUT2D eigenvalue weighted by molar-refractivity contribution is 6.33. The summed E-state index contributed by atoms with van der Waals surface area (Å²) in [6.07, 6.45) is 0. The molecule has 4 N–H and O–H groups in total. The van der Waals surface area contributed by atoms with Crippen molar-refractivity contribution in [3.63, 3.8) is 0 Å². The largest absolute Gasteiger partial charge is 0.366 e. The van der Waals surface area contributed by atoms with Gasteiger partial charge in [-0.05, 0) is 17.9 Å². The van der Waals surface area contributed by atoms with Crippen molar-refractivity contribution in [2.75, 3.05) is 6.54 Å². The Morgan fingerprint density at radius 1 is 1.19 bits per heavy atom. The van der Waals surface area contributed by atoms with Crippen molar-refractivity contribution in [3.05, 3.63) is 46.2 Å². The Hall–Kier alpha value is -2.47. The number of nitrogens with zero attached hydrogens (tertiary/aromatic N) is 2. The van der Waals surface area contributed by atoms with Crippen molar-refractivity contribution in [1.29, 1.82) is 0 Å². The maximum Gasteiger partial charge on any atom is 0.315 e. The summed E-state index contributed by atoms with van der Waals surface area (Å²) in [4.78, 5) is 26.2. The minimum absolute atomic E-state index is 0.358. The first-order valence-corrected chi connectivity index (χ1v) is 9.26. The molecule has 0 saturated heterocycles. The molecule has 3 rings (SSSR count). The van der Waals surface area contributed by atoms with E-state index in [-0.39, 0.29) is 5.41 Å². The fourth-order valence-electron chi connectivity index (χ4n) is 4.02. The molecule has 1 unspecified atom stereocenters. The van der Waals surface area contributed by atoms with E-state index in [0.717, 1.165) is 11.1 Å². The number of benzene rings is 1. The molecule has 2 aromatic rings. The third-order valence-corrected chi connectivity index (χ3v) is 5.42. The smallest absolute Gasteiger partial charge is 0.315 e. The number of hydrogen-bond donors (Lipinski definition) is 2. The van der Waals surface area contributed by atoms with Gasteiger partial charge in [-0.2, -0.15) is 0 Å². The second kappa shape index (κ2) is 6.60. The molecule has 1 aromatic heterocycles. The van der Waals surface area contributed by atoms with E-state index in [1.165, 1.54) is 0 Å². The highest BCUT2D eigenvalue weighted by Gasteiger charge is 2.43. The molecule has 144 valence electrons. The molecule has 0 spiro atoms. The van der Waals surface area contributed by atoms with Gasteiger partial charge in [0.2, 0.25) is 0 Å². The van der Waals surface area contributed by atoms with Gasteiger partial charge in [0.1, 0.15) is 5.15 Å². The normalized spacial score (nSPS) is 16.9. The van der Waals surface area contributed by atoms with E-state index in [1.54, 1.807) is 4.90 Å². The highest BCUT2D eigenvalue weighted by atomic mass is 35.5. The van der Waals surface area contributed by atoms with Crippen LogP contribution in [0.2, 0.25) is 5.15 Å². The van der Waals surface area contributed by atoms with E-state index in [0.29, 0.717) is 35.1 Å². The van der Waals surface area contributed by atoms with Crippen molar-refractivity contribution in [2.45, 2.75) is 40.3 Å². The first-order chi connectivity index (χ1) is 12.5. The number of aryl methyl sites for hydroxylation is 1. The molecule has 27 heavy (non-hydrogen) atoms. The summed E-state index contributed by atoms with van der Waals surface area (Å²) in [6.45, 7) is 8.86. The lowest BCUT2D eigenvalue weighted by atomic mass is 9.81. The minimum Gasteiger partial charge on any atom is -0.366 e. The molecule has 0 aliphatic carbocycles. The third kappa shape index (κ3) is 3.18. The predicted molar refractivity (Wildman–Crippen MR) is 107 cm³/mol. The molecular weight excluding hydrogens is 364 g/mol. The molecule has 0 bridgehead atoms. The average Bonchev–Trinajstić information content (AvgIpc) is 2.86. The summed E-state index contributed by atoms with van der Waals surface area (Å²) >= 11 is 6.74. The first-order valence-electron chi connectivity index (χ1n) is 8.88. The number of rotatable bonds is 2. The first kappa shape index (κ1) is 19.3. The van der Waals surface area contributed by atoms with Crippen molar-refractivity contribution >= 4 is 23.5 Å². The van der Waals surface area contributed by atoms with Gasteiger partial charge in [-0.25, -0.2) is 4.79 Å². The highest BCUT2D eigenvalue weighted by Crippen LogP contribution is 2.47. The molecule has 2 heterocycles. The standard InChI is InChI=1S/C20H25ClN4O2/c1-11-6-5-7-12(10-11)13-14(18(22)26)15-16(20(2,3)4)25(19(23)27)9-8-24(15)17(13)21/h5-7,10,16H,8-9H2,1-4H3,(H2,22,26)(H2,23,27). The van der Waals surface area contributed by atoms with E-state index in [2.05, 4.69) is 0 Å². The number of nitrogens with two attached hydrogens (primary N) is 2. The molecule has 0 saturated carbocycles. The monoisotopic (exact) mass is 388 g/mol. The average molecular weight is 389 g/mol. The molecule has 7 heteroatoms. The Labute approximate surface area is 164 Å². The lowest BCUT2D eigenvalue weighted by Crippen LogP contribution is -2.49. The molecular formula is C20H25ClN4O2. The van der Waals surface area contributed by atoms with Crippen molar-refractivity contribution in [3.8, 4) is 11.1 Å². The van der Waals surface area contributed by atoms with Crippen molar-refractivity contribution in [1.82, 2.24) is 9.47 Å². The number of carbonyl (C=O) groups excluding carboxylic acids is 2. The van der Waals surface area contributed by atoms with Crippen LogP contribution in [0, 0.1) is 12.3 Å². The van der Waals surface area contributed by atoms with Gasteiger partial charge in [0.05, 0.1) is 17.3 Å². The van der Waals surface area contributed by atoms with Crippen LogP contribution in [0.1, 0.15) is 48.4 Å². The number of fused-ring (bicyclic) bond motifs is 1. The van der Waals surface area contributed by atoms with E-state index >= 15 is 0 Å². The van der Waals surface area contributed by atoms with Crippen LogP contribution in [0.15, 0.2) is 24.3 Å². The lowest BCUT2D eigenvalue weighted by Gasteiger charge is -2.43. The summed E-state index contributed by atoms with van der Waals surface area (Å²) < 4.78 is 1.90. The molecule has 0 radical (unpaired) electrons. The van der Waals surface area contributed by atoms with Crippen molar-refractivity contribution < 1.29 is 9.59 Å². The number of amides is 3. The molecule has 1 aliphatic heterocycles. The second-order valence-electron chi connectivity index (χ2n) is 8.11. The Balaban J connectivity index is 2.37. The zero-order valence-electron chi connectivity index (χ0n) is 16.0. The quantitative estimate of drug-likeness (QED) is 0.820. The number of carbonyl (C=O) groups is 2. The Morgan fingerprint density at radius 2 is 1.85 bits per heavy atom. The molecule has 1 aliphatic rings. The molecule has 6 nitrogen and oxygen atoms in total. The lowest BCUT2D eigenvalue weighted by molar-refractivity contribution is 0.0919. The number of primary amides is 2. The zero-order valence-corrected chi connectivity index (χ0v) is 16.8. The van der Waals surface area contributed by atoms with Crippen molar-refractivity contribution in [2.24, 2.45) is 16.9 Å². The van der Waals surface area contributed by atoms with E-state index in [4.69, 9.17) is 23.1 Å². The van der Waals surface area contributed by atoms with Crippen LogP contribution in [0.25, 0.3) is 11.1 Å². The summed E-state index contributed by atoms with van der Waals surface area (Å²) in [5.41, 5.74) is 14.6. The zero-order chi connectivity index (χ0) is 20.1. The van der Waals surface area contributed by atoms with Crippen LogP contribution in [0.4, 0.5) is 4.79 Å². The van der Waals surface area contributed by atoms with E-state index in [1.807, 2.05) is 56.5 Å². The fourth-order valence-corrected chi connectivity index (χ4v) is 4.40. The Morgan fingerprint density at radius 3 is 2.37 bits per heavy atom. The summed E-state index contributed by atoms with van der Waals surface area (Å²) in [7, 11) is 0. The number of hydrogen-bond acceptors (Lipinski definition) is 2. The summed E-state index contributed by atoms with van der Waals surface area (Å²) in [5.74, 6) is -0.567. The Kier molecular flexibility index (Phi) is 4.72. The van der Waals surface area contributed by atoms with Gasteiger partial charge in [-0.1, -0.05) is 62.2 Å². The van der Waals surface area contributed by atoms with Gasteiger partial charge in [-0.3, -0.25) is 4.79 Å². The van der Waals surface area contributed by atoms with Gasteiger partial charge in [0.15, 0.2) is 0 Å². The van der Waals surface area contributed by atoms with Gasteiger partial charge in [0, 0.05) is 18.7 Å².